The largest absolute Gasteiger partial charge is 0.353 e. The summed E-state index contributed by atoms with van der Waals surface area (Å²) in [5.41, 5.74) is 2.08. The summed E-state index contributed by atoms with van der Waals surface area (Å²) in [6, 6.07) is 7.93. The Morgan fingerprint density at radius 2 is 2.00 bits per heavy atom. The first kappa shape index (κ1) is 14.5. The molecular weight excluding hydrogens is 252 g/mol. The zero-order chi connectivity index (χ0) is 14.7. The minimum Gasteiger partial charge on any atom is -0.353 e. The second kappa shape index (κ2) is 6.05. The minimum atomic E-state index is -0.239. The molecule has 0 spiro atoms. The fourth-order valence-corrected chi connectivity index (χ4v) is 2.10. The van der Waals surface area contributed by atoms with E-state index >= 15 is 0 Å². The third-order valence-electron chi connectivity index (χ3n) is 3.27. The van der Waals surface area contributed by atoms with Crippen LogP contribution in [0.1, 0.15) is 26.6 Å². The van der Waals surface area contributed by atoms with E-state index in [1.807, 2.05) is 52.1 Å². The quantitative estimate of drug-likeness (QED) is 0.870. The van der Waals surface area contributed by atoms with Gasteiger partial charge in [0.05, 0.1) is 23.6 Å². The molecule has 0 aliphatic heterocycles. The predicted octanol–water partition coefficient (Wildman–Crippen LogP) is 1.58. The lowest BCUT2D eigenvalue weighted by atomic mass is 10.3. The molecule has 0 saturated carbocycles. The maximum absolute atomic E-state index is 11.8. The number of amides is 1. The Bertz CT molecular complexity index is 603. The number of fused-ring (bicyclic) bond motifs is 1. The Hall–Kier alpha value is -1.88. The number of hydrogen-bond donors (Lipinski definition) is 2. The number of rotatable bonds is 5. The summed E-state index contributed by atoms with van der Waals surface area (Å²) in [6.45, 7) is 6.34. The smallest absolute Gasteiger partial charge is 0.237 e. The van der Waals surface area contributed by atoms with Gasteiger partial charge in [-0.25, -0.2) is 4.98 Å². The SMILES string of the molecule is CC(C)NC(=O)C(C)NCc1nc2ccccc2n1C. The summed E-state index contributed by atoms with van der Waals surface area (Å²) < 4.78 is 2.05. The van der Waals surface area contributed by atoms with Gasteiger partial charge in [0.2, 0.25) is 5.91 Å². The van der Waals surface area contributed by atoms with E-state index in [2.05, 4.69) is 20.2 Å². The number of benzene rings is 1. The summed E-state index contributed by atoms with van der Waals surface area (Å²) in [5.74, 6) is 0.939. The van der Waals surface area contributed by atoms with Crippen LogP contribution in [-0.2, 0) is 18.4 Å². The molecule has 1 amide bonds. The van der Waals surface area contributed by atoms with Gasteiger partial charge in [0.1, 0.15) is 5.82 Å². The molecule has 2 N–H and O–H groups in total. The lowest BCUT2D eigenvalue weighted by Gasteiger charge is -2.15. The normalized spacial score (nSPS) is 12.8. The summed E-state index contributed by atoms with van der Waals surface area (Å²) >= 11 is 0. The molecule has 0 bridgehead atoms. The number of nitrogens with zero attached hydrogens (tertiary/aromatic N) is 2. The number of carbonyl (C=O) groups is 1. The number of para-hydroxylation sites is 2. The van der Waals surface area contributed by atoms with Gasteiger partial charge < -0.3 is 9.88 Å². The molecule has 0 aliphatic carbocycles. The summed E-state index contributed by atoms with van der Waals surface area (Å²) in [7, 11) is 1.99. The number of aromatic nitrogens is 2. The fourth-order valence-electron chi connectivity index (χ4n) is 2.10. The van der Waals surface area contributed by atoms with Crippen molar-refractivity contribution in [2.75, 3.05) is 0 Å². The highest BCUT2D eigenvalue weighted by atomic mass is 16.2. The monoisotopic (exact) mass is 274 g/mol. The van der Waals surface area contributed by atoms with E-state index in [9.17, 15) is 4.79 Å². The molecular formula is C15H22N4O. The molecule has 5 nitrogen and oxygen atoms in total. The topological polar surface area (TPSA) is 59.0 Å². The molecule has 0 fully saturated rings. The average molecular weight is 274 g/mol. The number of aryl methyl sites for hydroxylation is 1. The fraction of sp³-hybridized carbons (Fsp3) is 0.467. The molecule has 0 aliphatic rings. The van der Waals surface area contributed by atoms with Crippen LogP contribution in [0.2, 0.25) is 0 Å². The van der Waals surface area contributed by atoms with Gasteiger partial charge in [0.25, 0.3) is 0 Å². The number of imidazole rings is 1. The Balaban J connectivity index is 2.02. The first-order valence-corrected chi connectivity index (χ1v) is 6.93. The highest BCUT2D eigenvalue weighted by Crippen LogP contribution is 2.13. The van der Waals surface area contributed by atoms with Gasteiger partial charge in [-0.05, 0) is 32.9 Å². The van der Waals surface area contributed by atoms with E-state index < -0.39 is 0 Å². The van der Waals surface area contributed by atoms with Crippen molar-refractivity contribution in [1.29, 1.82) is 0 Å². The van der Waals surface area contributed by atoms with E-state index in [1.54, 1.807) is 0 Å². The Labute approximate surface area is 119 Å². The molecule has 1 aromatic heterocycles. The lowest BCUT2D eigenvalue weighted by Crippen LogP contribution is -2.44. The van der Waals surface area contributed by atoms with Gasteiger partial charge in [-0.15, -0.1) is 0 Å². The van der Waals surface area contributed by atoms with Crippen LogP contribution < -0.4 is 10.6 Å². The van der Waals surface area contributed by atoms with Gasteiger partial charge in [0.15, 0.2) is 0 Å². The van der Waals surface area contributed by atoms with E-state index in [-0.39, 0.29) is 18.0 Å². The van der Waals surface area contributed by atoms with E-state index in [0.717, 1.165) is 16.9 Å². The predicted molar refractivity (Wildman–Crippen MR) is 80.3 cm³/mol. The zero-order valence-corrected chi connectivity index (χ0v) is 12.5. The van der Waals surface area contributed by atoms with Crippen LogP contribution in [0.5, 0.6) is 0 Å². The Morgan fingerprint density at radius 1 is 1.30 bits per heavy atom. The summed E-state index contributed by atoms with van der Waals surface area (Å²) in [6.07, 6.45) is 0. The van der Waals surface area contributed by atoms with E-state index in [4.69, 9.17) is 0 Å². The van der Waals surface area contributed by atoms with Crippen molar-refractivity contribution in [2.45, 2.75) is 39.4 Å². The van der Waals surface area contributed by atoms with Gasteiger partial charge in [-0.3, -0.25) is 10.1 Å². The van der Waals surface area contributed by atoms with Crippen molar-refractivity contribution in [1.82, 2.24) is 20.2 Å². The zero-order valence-electron chi connectivity index (χ0n) is 12.5. The van der Waals surface area contributed by atoms with Crippen molar-refractivity contribution >= 4 is 16.9 Å². The first-order valence-electron chi connectivity index (χ1n) is 6.93. The summed E-state index contributed by atoms with van der Waals surface area (Å²) in [4.78, 5) is 16.4. The van der Waals surface area contributed by atoms with Crippen molar-refractivity contribution in [2.24, 2.45) is 7.05 Å². The molecule has 1 aromatic carbocycles. The highest BCUT2D eigenvalue weighted by Gasteiger charge is 2.14. The van der Waals surface area contributed by atoms with Crippen LogP contribution >= 0.6 is 0 Å². The van der Waals surface area contributed by atoms with Crippen LogP contribution in [0, 0.1) is 0 Å². The molecule has 1 heterocycles. The van der Waals surface area contributed by atoms with Crippen molar-refractivity contribution in [3.05, 3.63) is 30.1 Å². The third kappa shape index (κ3) is 3.17. The standard InChI is InChI=1S/C15H22N4O/c1-10(2)17-15(20)11(3)16-9-14-18-12-7-5-6-8-13(12)19(14)4/h5-8,10-11,16H,9H2,1-4H3,(H,17,20). The highest BCUT2D eigenvalue weighted by molar-refractivity contribution is 5.81. The second-order valence-electron chi connectivity index (χ2n) is 5.34. The van der Waals surface area contributed by atoms with Gasteiger partial charge >= 0.3 is 0 Å². The number of nitrogens with one attached hydrogen (secondary N) is 2. The van der Waals surface area contributed by atoms with E-state index in [0.29, 0.717) is 6.54 Å². The number of carbonyl (C=O) groups excluding carboxylic acids is 1. The second-order valence-corrected chi connectivity index (χ2v) is 5.34. The minimum absolute atomic E-state index is 0.0127. The average Bonchev–Trinajstić information content (AvgIpc) is 2.72. The van der Waals surface area contributed by atoms with Crippen LogP contribution in [0.15, 0.2) is 24.3 Å². The lowest BCUT2D eigenvalue weighted by molar-refractivity contribution is -0.123. The molecule has 5 heteroatoms. The maximum Gasteiger partial charge on any atom is 0.237 e. The molecule has 1 atom stereocenters. The van der Waals surface area contributed by atoms with Crippen LogP contribution in [0.4, 0.5) is 0 Å². The molecule has 108 valence electrons. The molecule has 2 rings (SSSR count). The third-order valence-corrected chi connectivity index (χ3v) is 3.27. The van der Waals surface area contributed by atoms with E-state index in [1.165, 1.54) is 0 Å². The van der Waals surface area contributed by atoms with Crippen LogP contribution in [0.3, 0.4) is 0 Å². The Kier molecular flexibility index (Phi) is 4.39. The molecule has 0 saturated heterocycles. The molecule has 0 radical (unpaired) electrons. The van der Waals surface area contributed by atoms with Crippen LogP contribution in [0.25, 0.3) is 11.0 Å². The first-order chi connectivity index (χ1) is 9.49. The Morgan fingerprint density at radius 3 is 2.65 bits per heavy atom. The number of hydrogen-bond acceptors (Lipinski definition) is 3. The molecule has 2 aromatic rings. The molecule has 1 unspecified atom stereocenters. The van der Waals surface area contributed by atoms with Gasteiger partial charge in [-0.2, -0.15) is 0 Å². The van der Waals surface area contributed by atoms with Crippen molar-refractivity contribution in [3.8, 4) is 0 Å². The van der Waals surface area contributed by atoms with Crippen LogP contribution in [-0.4, -0.2) is 27.5 Å². The summed E-state index contributed by atoms with van der Waals surface area (Å²) in [5, 5.41) is 6.10. The molecule has 20 heavy (non-hydrogen) atoms. The van der Waals surface area contributed by atoms with Crippen molar-refractivity contribution < 1.29 is 4.79 Å². The van der Waals surface area contributed by atoms with Gasteiger partial charge in [0, 0.05) is 13.1 Å². The van der Waals surface area contributed by atoms with Crippen molar-refractivity contribution in [3.63, 3.8) is 0 Å². The van der Waals surface area contributed by atoms with Gasteiger partial charge in [-0.1, -0.05) is 12.1 Å². The maximum atomic E-state index is 11.8.